The summed E-state index contributed by atoms with van der Waals surface area (Å²) in [6.45, 7) is 5.46. The van der Waals surface area contributed by atoms with E-state index in [9.17, 15) is 5.11 Å². The van der Waals surface area contributed by atoms with Crippen molar-refractivity contribution in [2.45, 2.75) is 32.0 Å². The van der Waals surface area contributed by atoms with Crippen molar-refractivity contribution in [3.8, 4) is 0 Å². The van der Waals surface area contributed by atoms with Crippen LogP contribution in [0.3, 0.4) is 0 Å². The molecular formula is C11H18O2. The molecule has 13 heavy (non-hydrogen) atoms. The zero-order valence-electron chi connectivity index (χ0n) is 8.06. The first kappa shape index (κ1) is 12.1. The fraction of sp³-hybridized carbons (Fsp3) is 0.455. The first-order valence-corrected chi connectivity index (χ1v) is 4.52. The Bertz CT molecular complexity index is 183. The van der Waals surface area contributed by atoms with Crippen molar-refractivity contribution in [2.24, 2.45) is 0 Å². The van der Waals surface area contributed by atoms with Gasteiger partial charge >= 0.3 is 0 Å². The summed E-state index contributed by atoms with van der Waals surface area (Å²) in [4.78, 5) is 0. The van der Waals surface area contributed by atoms with Crippen molar-refractivity contribution in [1.82, 2.24) is 0 Å². The number of aliphatic hydroxyl groups excluding tert-OH is 2. The molecule has 0 fully saturated rings. The fourth-order valence-corrected chi connectivity index (χ4v) is 0.793. The average molecular weight is 182 g/mol. The molecule has 0 aromatic rings. The molecule has 0 aliphatic carbocycles. The lowest BCUT2D eigenvalue weighted by Crippen LogP contribution is -2.00. The molecule has 0 spiro atoms. The van der Waals surface area contributed by atoms with Crippen molar-refractivity contribution >= 4 is 0 Å². The van der Waals surface area contributed by atoms with Crippen LogP contribution in [0.15, 0.2) is 37.0 Å². The van der Waals surface area contributed by atoms with Gasteiger partial charge in [0.15, 0.2) is 0 Å². The minimum atomic E-state index is -0.544. The zero-order valence-corrected chi connectivity index (χ0v) is 8.06. The van der Waals surface area contributed by atoms with E-state index in [2.05, 4.69) is 6.58 Å². The first-order valence-electron chi connectivity index (χ1n) is 4.52. The van der Waals surface area contributed by atoms with Crippen LogP contribution in [0, 0.1) is 0 Å². The van der Waals surface area contributed by atoms with Gasteiger partial charge in [-0.05, 0) is 12.8 Å². The monoisotopic (exact) mass is 182 g/mol. The summed E-state index contributed by atoms with van der Waals surface area (Å²) in [6, 6.07) is 0. The summed E-state index contributed by atoms with van der Waals surface area (Å²) in [5, 5.41) is 18.4. The molecule has 0 aliphatic heterocycles. The normalized spacial score (nSPS) is 16.5. The summed E-state index contributed by atoms with van der Waals surface area (Å²) >= 11 is 0. The van der Waals surface area contributed by atoms with Crippen LogP contribution in [0.4, 0.5) is 0 Å². The fourth-order valence-electron chi connectivity index (χ4n) is 0.793. The van der Waals surface area contributed by atoms with Crippen LogP contribution in [0.2, 0.25) is 0 Å². The van der Waals surface area contributed by atoms with E-state index >= 15 is 0 Å². The van der Waals surface area contributed by atoms with Gasteiger partial charge in [0.1, 0.15) is 0 Å². The molecule has 2 nitrogen and oxygen atoms in total. The molecule has 0 heterocycles. The molecule has 0 bridgehead atoms. The van der Waals surface area contributed by atoms with E-state index in [-0.39, 0.29) is 0 Å². The Morgan fingerprint density at radius 1 is 1.23 bits per heavy atom. The molecule has 0 saturated carbocycles. The quantitative estimate of drug-likeness (QED) is 0.615. The predicted octanol–water partition coefficient (Wildman–Crippen LogP) is 1.81. The number of allylic oxidation sites excluding steroid dienone is 1. The molecule has 2 unspecified atom stereocenters. The van der Waals surface area contributed by atoms with Gasteiger partial charge in [-0.3, -0.25) is 0 Å². The second kappa shape index (κ2) is 7.77. The molecule has 0 aliphatic rings. The number of hydrogen-bond donors (Lipinski definition) is 2. The van der Waals surface area contributed by atoms with Crippen LogP contribution in [0.25, 0.3) is 0 Å². The van der Waals surface area contributed by atoms with Crippen LogP contribution >= 0.6 is 0 Å². The maximum atomic E-state index is 9.28. The molecule has 0 radical (unpaired) electrons. The van der Waals surface area contributed by atoms with E-state index in [0.717, 1.165) is 6.42 Å². The summed E-state index contributed by atoms with van der Waals surface area (Å²) in [5.41, 5.74) is 0. The molecule has 2 atom stereocenters. The number of hydrogen-bond acceptors (Lipinski definition) is 2. The molecule has 74 valence electrons. The Hall–Kier alpha value is -0.860. The van der Waals surface area contributed by atoms with E-state index in [0.29, 0.717) is 6.42 Å². The van der Waals surface area contributed by atoms with Gasteiger partial charge in [0.2, 0.25) is 0 Å². The van der Waals surface area contributed by atoms with Crippen LogP contribution < -0.4 is 0 Å². The second-order valence-corrected chi connectivity index (χ2v) is 2.79. The molecular weight excluding hydrogens is 164 g/mol. The van der Waals surface area contributed by atoms with Crippen LogP contribution in [-0.2, 0) is 0 Å². The van der Waals surface area contributed by atoms with Crippen molar-refractivity contribution in [1.29, 1.82) is 0 Å². The number of rotatable bonds is 6. The SMILES string of the molecule is C=CC(O)CC=CC(O)C=CCC. The maximum Gasteiger partial charge on any atom is 0.0902 e. The average Bonchev–Trinajstić information content (AvgIpc) is 2.14. The molecule has 0 saturated heterocycles. The van der Waals surface area contributed by atoms with E-state index in [1.54, 1.807) is 18.2 Å². The van der Waals surface area contributed by atoms with E-state index < -0.39 is 12.2 Å². The Morgan fingerprint density at radius 2 is 1.85 bits per heavy atom. The molecule has 0 aromatic heterocycles. The van der Waals surface area contributed by atoms with E-state index in [1.807, 2.05) is 13.0 Å². The van der Waals surface area contributed by atoms with Gasteiger partial charge < -0.3 is 10.2 Å². The Balaban J connectivity index is 3.70. The zero-order chi connectivity index (χ0) is 10.1. The highest BCUT2D eigenvalue weighted by Gasteiger charge is 1.94. The molecule has 2 N–H and O–H groups in total. The van der Waals surface area contributed by atoms with Crippen LogP contribution in [0.1, 0.15) is 19.8 Å². The summed E-state index contributed by atoms with van der Waals surface area (Å²) in [6.07, 6.45) is 8.85. The molecule has 0 rings (SSSR count). The van der Waals surface area contributed by atoms with Crippen LogP contribution in [-0.4, -0.2) is 22.4 Å². The maximum absolute atomic E-state index is 9.28. The summed E-state index contributed by atoms with van der Waals surface area (Å²) in [7, 11) is 0. The Morgan fingerprint density at radius 3 is 2.38 bits per heavy atom. The highest BCUT2D eigenvalue weighted by atomic mass is 16.3. The first-order chi connectivity index (χ1) is 6.20. The van der Waals surface area contributed by atoms with Gasteiger partial charge in [-0.15, -0.1) is 6.58 Å². The van der Waals surface area contributed by atoms with Crippen LogP contribution in [0.5, 0.6) is 0 Å². The van der Waals surface area contributed by atoms with Gasteiger partial charge in [-0.2, -0.15) is 0 Å². The smallest absolute Gasteiger partial charge is 0.0902 e. The minimum absolute atomic E-state index is 0.501. The Kier molecular flexibility index (Phi) is 7.26. The van der Waals surface area contributed by atoms with Crippen molar-refractivity contribution in [2.75, 3.05) is 0 Å². The Labute approximate surface area is 79.9 Å². The highest BCUT2D eigenvalue weighted by molar-refractivity contribution is 5.02. The molecule has 2 heteroatoms. The topological polar surface area (TPSA) is 40.5 Å². The lowest BCUT2D eigenvalue weighted by atomic mass is 10.2. The summed E-state index contributed by atoms with van der Waals surface area (Å²) in [5.74, 6) is 0. The minimum Gasteiger partial charge on any atom is -0.389 e. The van der Waals surface area contributed by atoms with Gasteiger partial charge in [0.25, 0.3) is 0 Å². The largest absolute Gasteiger partial charge is 0.389 e. The summed E-state index contributed by atoms with van der Waals surface area (Å²) < 4.78 is 0. The third-order valence-corrected chi connectivity index (χ3v) is 1.55. The van der Waals surface area contributed by atoms with Gasteiger partial charge in [0, 0.05) is 0 Å². The molecule has 0 amide bonds. The van der Waals surface area contributed by atoms with E-state index in [1.165, 1.54) is 6.08 Å². The lowest BCUT2D eigenvalue weighted by molar-refractivity contribution is 0.226. The van der Waals surface area contributed by atoms with Crippen molar-refractivity contribution in [3.05, 3.63) is 37.0 Å². The number of aliphatic hydroxyl groups is 2. The molecule has 0 aromatic carbocycles. The van der Waals surface area contributed by atoms with Crippen molar-refractivity contribution in [3.63, 3.8) is 0 Å². The van der Waals surface area contributed by atoms with E-state index in [4.69, 9.17) is 5.11 Å². The van der Waals surface area contributed by atoms with Gasteiger partial charge in [-0.1, -0.05) is 37.3 Å². The predicted molar refractivity (Wildman–Crippen MR) is 55.4 cm³/mol. The third-order valence-electron chi connectivity index (χ3n) is 1.55. The van der Waals surface area contributed by atoms with Gasteiger partial charge in [-0.25, -0.2) is 0 Å². The lowest BCUT2D eigenvalue weighted by Gasteiger charge is -2.00. The third kappa shape index (κ3) is 7.50. The van der Waals surface area contributed by atoms with Crippen molar-refractivity contribution < 1.29 is 10.2 Å². The second-order valence-electron chi connectivity index (χ2n) is 2.79. The van der Waals surface area contributed by atoms with Gasteiger partial charge in [0.05, 0.1) is 12.2 Å². The highest BCUT2D eigenvalue weighted by Crippen LogP contribution is 1.97. The standard InChI is InChI=1S/C11H18O2/c1-3-5-7-11(13)9-6-8-10(12)4-2/h4-7,9-13H,2-3,8H2,1H3.